The van der Waals surface area contributed by atoms with Gasteiger partial charge in [-0.2, -0.15) is 0 Å². The number of halogens is 1. The van der Waals surface area contributed by atoms with E-state index in [9.17, 15) is 14.9 Å². The number of carbonyl (C=O) groups excluding carboxylic acids is 1. The molecule has 2 N–H and O–H groups in total. The Morgan fingerprint density at radius 1 is 1.45 bits per heavy atom. The SMILES string of the molecule is NCC1CCN(C(=O)c2ccc([N+](=O)[O-])cc2I)CC1. The van der Waals surface area contributed by atoms with Crippen molar-refractivity contribution in [3.05, 3.63) is 37.4 Å². The number of nitro benzene ring substituents is 1. The van der Waals surface area contributed by atoms with Crippen molar-refractivity contribution < 1.29 is 9.72 Å². The Bertz CT molecular complexity index is 528. The summed E-state index contributed by atoms with van der Waals surface area (Å²) in [5, 5.41) is 10.7. The molecule has 0 radical (unpaired) electrons. The van der Waals surface area contributed by atoms with Gasteiger partial charge in [-0.15, -0.1) is 0 Å². The van der Waals surface area contributed by atoms with E-state index in [2.05, 4.69) is 0 Å². The maximum atomic E-state index is 12.4. The lowest BCUT2D eigenvalue weighted by molar-refractivity contribution is -0.384. The fourth-order valence-electron chi connectivity index (χ4n) is 2.33. The number of nitro groups is 1. The minimum Gasteiger partial charge on any atom is -0.339 e. The van der Waals surface area contributed by atoms with Gasteiger partial charge in [0, 0.05) is 28.8 Å². The summed E-state index contributed by atoms with van der Waals surface area (Å²) >= 11 is 1.97. The van der Waals surface area contributed by atoms with E-state index in [1.54, 1.807) is 4.90 Å². The maximum Gasteiger partial charge on any atom is 0.270 e. The van der Waals surface area contributed by atoms with E-state index in [1.807, 2.05) is 22.6 Å². The fourth-order valence-corrected chi connectivity index (χ4v) is 3.06. The lowest BCUT2D eigenvalue weighted by Gasteiger charge is -2.31. The van der Waals surface area contributed by atoms with E-state index < -0.39 is 4.92 Å². The highest BCUT2D eigenvalue weighted by atomic mass is 127. The third kappa shape index (κ3) is 3.26. The molecule has 0 aliphatic carbocycles. The minimum atomic E-state index is -0.455. The number of hydrogen-bond acceptors (Lipinski definition) is 4. The van der Waals surface area contributed by atoms with Crippen molar-refractivity contribution in [2.45, 2.75) is 12.8 Å². The molecule has 0 aromatic heterocycles. The molecule has 1 aliphatic rings. The van der Waals surface area contributed by atoms with Crippen molar-refractivity contribution in [2.75, 3.05) is 19.6 Å². The number of rotatable bonds is 3. The topological polar surface area (TPSA) is 89.5 Å². The largest absolute Gasteiger partial charge is 0.339 e. The lowest BCUT2D eigenvalue weighted by atomic mass is 9.96. The van der Waals surface area contributed by atoms with Gasteiger partial charge in [0.05, 0.1) is 10.5 Å². The number of likely N-dealkylation sites (tertiary alicyclic amines) is 1. The highest BCUT2D eigenvalue weighted by Crippen LogP contribution is 2.23. The highest BCUT2D eigenvalue weighted by Gasteiger charge is 2.24. The van der Waals surface area contributed by atoms with Gasteiger partial charge in [0.15, 0.2) is 0 Å². The van der Waals surface area contributed by atoms with Crippen LogP contribution in [0.25, 0.3) is 0 Å². The first-order valence-electron chi connectivity index (χ1n) is 6.46. The molecule has 1 amide bonds. The van der Waals surface area contributed by atoms with Crippen molar-refractivity contribution in [1.82, 2.24) is 4.90 Å². The normalized spacial score (nSPS) is 16.2. The molecule has 1 fully saturated rings. The summed E-state index contributed by atoms with van der Waals surface area (Å²) in [6.07, 6.45) is 1.84. The monoisotopic (exact) mass is 389 g/mol. The average molecular weight is 389 g/mol. The zero-order chi connectivity index (χ0) is 14.7. The van der Waals surface area contributed by atoms with Crippen LogP contribution in [0.15, 0.2) is 18.2 Å². The second-order valence-electron chi connectivity index (χ2n) is 4.89. The predicted octanol–water partition coefficient (Wildman–Crippen LogP) is 2.01. The van der Waals surface area contributed by atoms with Gasteiger partial charge in [-0.05, 0) is 54.0 Å². The molecule has 20 heavy (non-hydrogen) atoms. The van der Waals surface area contributed by atoms with Crippen molar-refractivity contribution in [2.24, 2.45) is 11.7 Å². The second-order valence-corrected chi connectivity index (χ2v) is 6.05. The summed E-state index contributed by atoms with van der Waals surface area (Å²) in [5.74, 6) is 0.440. The Balaban J connectivity index is 2.12. The molecule has 0 unspecified atom stereocenters. The van der Waals surface area contributed by atoms with Crippen molar-refractivity contribution in [3.63, 3.8) is 0 Å². The molecule has 108 valence electrons. The van der Waals surface area contributed by atoms with Crippen LogP contribution in [0.1, 0.15) is 23.2 Å². The molecule has 0 bridgehead atoms. The Hall–Kier alpha value is -1.22. The van der Waals surface area contributed by atoms with Crippen LogP contribution in [0.5, 0.6) is 0 Å². The summed E-state index contributed by atoms with van der Waals surface area (Å²) < 4.78 is 0.614. The van der Waals surface area contributed by atoms with E-state index in [1.165, 1.54) is 18.2 Å². The first kappa shape index (κ1) is 15.2. The number of non-ortho nitro benzene ring substituents is 1. The first-order chi connectivity index (χ1) is 9.52. The molecule has 0 saturated carbocycles. The van der Waals surface area contributed by atoms with E-state index in [-0.39, 0.29) is 11.6 Å². The van der Waals surface area contributed by atoms with Crippen LogP contribution in [-0.4, -0.2) is 35.4 Å². The number of nitrogens with zero attached hydrogens (tertiary/aromatic N) is 2. The number of carbonyl (C=O) groups is 1. The van der Waals surface area contributed by atoms with Crippen molar-refractivity contribution in [3.8, 4) is 0 Å². The third-order valence-electron chi connectivity index (χ3n) is 3.63. The van der Waals surface area contributed by atoms with Crippen LogP contribution in [0.2, 0.25) is 0 Å². The van der Waals surface area contributed by atoms with Gasteiger partial charge in [-0.3, -0.25) is 14.9 Å². The van der Waals surface area contributed by atoms with E-state index in [0.29, 0.717) is 34.7 Å². The van der Waals surface area contributed by atoms with Gasteiger partial charge in [-0.1, -0.05) is 0 Å². The minimum absolute atomic E-state index is 0.00721. The van der Waals surface area contributed by atoms with Gasteiger partial charge >= 0.3 is 0 Å². The second kappa shape index (κ2) is 6.49. The van der Waals surface area contributed by atoms with Crippen LogP contribution in [0.4, 0.5) is 5.69 Å². The van der Waals surface area contributed by atoms with E-state index in [0.717, 1.165) is 12.8 Å². The molecule has 7 heteroatoms. The number of nitrogens with two attached hydrogens (primary N) is 1. The van der Waals surface area contributed by atoms with Gasteiger partial charge < -0.3 is 10.6 Å². The zero-order valence-corrected chi connectivity index (χ0v) is 13.1. The maximum absolute atomic E-state index is 12.4. The molecule has 6 nitrogen and oxygen atoms in total. The Labute approximate surface area is 130 Å². The van der Waals surface area contributed by atoms with Gasteiger partial charge in [-0.25, -0.2) is 0 Å². The summed E-state index contributed by atoms with van der Waals surface area (Å²) in [5.41, 5.74) is 6.17. The third-order valence-corrected chi connectivity index (χ3v) is 4.52. The summed E-state index contributed by atoms with van der Waals surface area (Å²) in [7, 11) is 0. The molecular weight excluding hydrogens is 373 g/mol. The standard InChI is InChI=1S/C13H16IN3O3/c14-12-7-10(17(19)20)1-2-11(12)13(18)16-5-3-9(8-15)4-6-16/h1-2,7,9H,3-6,8,15H2. The Morgan fingerprint density at radius 2 is 2.10 bits per heavy atom. The number of piperidine rings is 1. The first-order valence-corrected chi connectivity index (χ1v) is 7.54. The fraction of sp³-hybridized carbons (Fsp3) is 0.462. The molecule has 1 heterocycles. The van der Waals surface area contributed by atoms with E-state index in [4.69, 9.17) is 5.73 Å². The molecular formula is C13H16IN3O3. The summed E-state index contributed by atoms with van der Waals surface area (Å²) in [6, 6.07) is 4.35. The van der Waals surface area contributed by atoms with Gasteiger partial charge in [0.2, 0.25) is 0 Å². The van der Waals surface area contributed by atoms with Gasteiger partial charge in [0.25, 0.3) is 11.6 Å². The van der Waals surface area contributed by atoms with Crippen LogP contribution in [0.3, 0.4) is 0 Å². The number of amides is 1. The van der Waals surface area contributed by atoms with E-state index >= 15 is 0 Å². The molecule has 1 aliphatic heterocycles. The quantitative estimate of drug-likeness (QED) is 0.487. The lowest BCUT2D eigenvalue weighted by Crippen LogP contribution is -2.40. The number of hydrogen-bond donors (Lipinski definition) is 1. The van der Waals surface area contributed by atoms with Gasteiger partial charge in [0.1, 0.15) is 0 Å². The Kier molecular flexibility index (Phi) is 4.92. The molecule has 0 atom stereocenters. The van der Waals surface area contributed by atoms with Crippen molar-refractivity contribution in [1.29, 1.82) is 0 Å². The Morgan fingerprint density at radius 3 is 2.60 bits per heavy atom. The molecule has 0 spiro atoms. The molecule has 2 rings (SSSR count). The summed E-state index contributed by atoms with van der Waals surface area (Å²) in [4.78, 5) is 24.5. The molecule has 1 saturated heterocycles. The molecule has 1 aromatic carbocycles. The number of benzene rings is 1. The van der Waals surface area contributed by atoms with Crippen LogP contribution >= 0.6 is 22.6 Å². The van der Waals surface area contributed by atoms with Crippen molar-refractivity contribution >= 4 is 34.2 Å². The zero-order valence-electron chi connectivity index (χ0n) is 10.9. The van der Waals surface area contributed by atoms with Crippen LogP contribution < -0.4 is 5.73 Å². The smallest absolute Gasteiger partial charge is 0.270 e. The predicted molar refractivity (Wildman–Crippen MR) is 83.5 cm³/mol. The molecule has 1 aromatic rings. The highest BCUT2D eigenvalue weighted by molar-refractivity contribution is 14.1. The summed E-state index contributed by atoms with van der Waals surface area (Å²) in [6.45, 7) is 2.07. The van der Waals surface area contributed by atoms with Crippen LogP contribution in [-0.2, 0) is 0 Å². The van der Waals surface area contributed by atoms with Crippen LogP contribution in [0, 0.1) is 19.6 Å². The average Bonchev–Trinajstić information content (AvgIpc) is 2.46.